The molecule has 33 heavy (non-hydrogen) atoms. The number of phenolic OH excluding ortho intramolecular Hbond substituents is 2. The predicted molar refractivity (Wildman–Crippen MR) is 137 cm³/mol. The second-order valence-corrected chi connectivity index (χ2v) is 11.0. The molecule has 0 heterocycles. The van der Waals surface area contributed by atoms with Crippen molar-refractivity contribution in [1.82, 2.24) is 5.43 Å². The second-order valence-electron chi connectivity index (χ2n) is 10.1. The Morgan fingerprint density at radius 1 is 1.03 bits per heavy atom. The molecule has 2 aromatic rings. The highest BCUT2D eigenvalue weighted by atomic mass is 79.9. The van der Waals surface area contributed by atoms with Gasteiger partial charge in [0.2, 0.25) is 5.91 Å². The number of carbonyl (C=O) groups is 1. The normalized spacial score (nSPS) is 12.2. The van der Waals surface area contributed by atoms with Crippen LogP contribution in [0, 0.1) is 0 Å². The molecule has 180 valence electrons. The van der Waals surface area contributed by atoms with Gasteiger partial charge in [-0.2, -0.15) is 5.10 Å². The third-order valence-corrected chi connectivity index (χ3v) is 5.78. The van der Waals surface area contributed by atoms with Gasteiger partial charge in [-0.25, -0.2) is 5.43 Å². The molecule has 0 saturated carbocycles. The first kappa shape index (κ1) is 26.7. The molecule has 6 nitrogen and oxygen atoms in total. The number of hydrogen-bond acceptors (Lipinski definition) is 5. The minimum absolute atomic E-state index is 0.0242. The Balaban J connectivity index is 2.11. The number of aromatic hydroxyl groups is 2. The number of aryl methyl sites for hydroxylation is 1. The van der Waals surface area contributed by atoms with Crippen molar-refractivity contribution in [3.63, 3.8) is 0 Å². The van der Waals surface area contributed by atoms with Gasteiger partial charge in [-0.3, -0.25) is 4.79 Å². The lowest BCUT2D eigenvalue weighted by Crippen LogP contribution is -2.20. The number of hydrogen-bond donors (Lipinski definition) is 3. The molecule has 0 radical (unpaired) electrons. The van der Waals surface area contributed by atoms with Gasteiger partial charge in [0.05, 0.1) is 17.3 Å². The van der Waals surface area contributed by atoms with E-state index in [2.05, 4.69) is 68.0 Å². The van der Waals surface area contributed by atoms with Crippen molar-refractivity contribution in [2.24, 2.45) is 5.10 Å². The van der Waals surface area contributed by atoms with Crippen molar-refractivity contribution >= 4 is 28.1 Å². The molecule has 2 rings (SSSR count). The summed E-state index contributed by atoms with van der Waals surface area (Å²) in [6.07, 6.45) is 2.30. The summed E-state index contributed by atoms with van der Waals surface area (Å²) in [5.41, 5.74) is 5.56. The molecular weight excluding hydrogens is 484 g/mol. The maximum atomic E-state index is 12.4. The molecule has 0 atom stereocenters. The summed E-state index contributed by atoms with van der Waals surface area (Å²) >= 11 is 3.29. The topological polar surface area (TPSA) is 91.2 Å². The Morgan fingerprint density at radius 2 is 1.61 bits per heavy atom. The lowest BCUT2D eigenvalue weighted by Gasteiger charge is -2.28. The Morgan fingerprint density at radius 3 is 2.12 bits per heavy atom. The van der Waals surface area contributed by atoms with Crippen molar-refractivity contribution in [1.29, 1.82) is 0 Å². The van der Waals surface area contributed by atoms with Gasteiger partial charge < -0.3 is 14.9 Å². The number of ether oxygens (including phenoxy) is 1. The van der Waals surface area contributed by atoms with E-state index in [0.717, 1.165) is 16.7 Å². The number of nitrogens with one attached hydrogen (secondary N) is 1. The number of hydrazone groups is 1. The Kier molecular flexibility index (Phi) is 8.57. The highest BCUT2D eigenvalue weighted by Gasteiger charge is 2.26. The Hall–Kier alpha value is -2.54. The quantitative estimate of drug-likeness (QED) is 0.312. The number of carbonyl (C=O) groups excluding carboxylic acids is 1. The zero-order chi connectivity index (χ0) is 25.0. The van der Waals surface area contributed by atoms with Crippen LogP contribution in [0.15, 0.2) is 33.8 Å². The van der Waals surface area contributed by atoms with Crippen molar-refractivity contribution in [3.8, 4) is 17.2 Å². The molecule has 3 N–H and O–H groups in total. The van der Waals surface area contributed by atoms with Crippen LogP contribution in [0.1, 0.15) is 77.1 Å². The maximum absolute atomic E-state index is 12.4. The summed E-state index contributed by atoms with van der Waals surface area (Å²) in [6, 6.07) is 7.32. The number of amides is 1. The van der Waals surface area contributed by atoms with Gasteiger partial charge in [0, 0.05) is 6.42 Å². The van der Waals surface area contributed by atoms with Gasteiger partial charge in [0.25, 0.3) is 0 Å². The third-order valence-electron chi connectivity index (χ3n) is 5.18. The fourth-order valence-electron chi connectivity index (χ4n) is 3.41. The molecule has 7 heteroatoms. The van der Waals surface area contributed by atoms with Gasteiger partial charge in [-0.1, -0.05) is 53.7 Å². The summed E-state index contributed by atoms with van der Waals surface area (Å²) < 4.78 is 5.89. The van der Waals surface area contributed by atoms with E-state index in [-0.39, 0.29) is 28.9 Å². The van der Waals surface area contributed by atoms with E-state index in [0.29, 0.717) is 34.6 Å². The number of phenols is 2. The van der Waals surface area contributed by atoms with E-state index in [9.17, 15) is 15.0 Å². The van der Waals surface area contributed by atoms with Gasteiger partial charge in [-0.15, -0.1) is 0 Å². The van der Waals surface area contributed by atoms with Crippen LogP contribution < -0.4 is 10.2 Å². The summed E-state index contributed by atoms with van der Waals surface area (Å²) in [5, 5.41) is 24.9. The molecule has 0 aromatic heterocycles. The SMILES string of the molecule is CCOc1cc(/C=N\NC(=O)CCc2cc(C(C)(C)C)c(O)c(C(C)(C)C)c2)cc(Br)c1O. The van der Waals surface area contributed by atoms with Crippen LogP contribution >= 0.6 is 15.9 Å². The standard InChI is InChI=1S/C26H35BrN2O4/c1-8-33-21-14-17(13-20(27)24(21)32)15-28-29-22(30)10-9-16-11-18(25(2,3)4)23(31)19(12-16)26(5,6)7/h11-15,31-32H,8-10H2,1-7H3,(H,29,30)/b28-15-. The van der Waals surface area contributed by atoms with E-state index in [4.69, 9.17) is 4.74 Å². The van der Waals surface area contributed by atoms with E-state index in [1.807, 2.05) is 19.1 Å². The molecule has 0 unspecified atom stereocenters. The molecule has 0 saturated heterocycles. The van der Waals surface area contributed by atoms with E-state index < -0.39 is 0 Å². The van der Waals surface area contributed by atoms with Gasteiger partial charge >= 0.3 is 0 Å². The average molecular weight is 519 g/mol. The van der Waals surface area contributed by atoms with Crippen LogP contribution in [0.25, 0.3) is 0 Å². The third kappa shape index (κ3) is 7.22. The molecule has 2 aromatic carbocycles. The monoisotopic (exact) mass is 518 g/mol. The molecule has 0 aliphatic heterocycles. The zero-order valence-corrected chi connectivity index (χ0v) is 22.1. The highest BCUT2D eigenvalue weighted by Crippen LogP contribution is 2.40. The average Bonchev–Trinajstić information content (AvgIpc) is 2.69. The van der Waals surface area contributed by atoms with Crippen LogP contribution in [0.5, 0.6) is 17.2 Å². The predicted octanol–water partition coefficient (Wildman–Crippen LogP) is 5.94. The lowest BCUT2D eigenvalue weighted by atomic mass is 9.78. The van der Waals surface area contributed by atoms with Crippen LogP contribution in [0.2, 0.25) is 0 Å². The lowest BCUT2D eigenvalue weighted by molar-refractivity contribution is -0.121. The van der Waals surface area contributed by atoms with Crippen LogP contribution in [-0.4, -0.2) is 28.9 Å². The number of benzene rings is 2. The molecular formula is C26H35BrN2O4. The summed E-state index contributed by atoms with van der Waals surface area (Å²) in [4.78, 5) is 12.4. The number of rotatable bonds is 7. The summed E-state index contributed by atoms with van der Waals surface area (Å²) in [6.45, 7) is 14.7. The van der Waals surface area contributed by atoms with Gasteiger partial charge in [0.1, 0.15) is 5.75 Å². The van der Waals surface area contributed by atoms with Crippen molar-refractivity contribution in [3.05, 3.63) is 51.0 Å². The first-order chi connectivity index (χ1) is 15.2. The van der Waals surface area contributed by atoms with Crippen molar-refractivity contribution in [2.75, 3.05) is 6.61 Å². The van der Waals surface area contributed by atoms with E-state index >= 15 is 0 Å². The van der Waals surface area contributed by atoms with E-state index in [1.54, 1.807) is 12.1 Å². The Labute approximate surface area is 205 Å². The molecule has 1 amide bonds. The minimum atomic E-state index is -0.217. The van der Waals surface area contributed by atoms with Crippen LogP contribution in [0.3, 0.4) is 0 Å². The molecule has 0 fully saturated rings. The summed E-state index contributed by atoms with van der Waals surface area (Å²) in [7, 11) is 0. The molecule has 0 spiro atoms. The minimum Gasteiger partial charge on any atom is -0.507 e. The maximum Gasteiger partial charge on any atom is 0.240 e. The highest BCUT2D eigenvalue weighted by molar-refractivity contribution is 9.10. The summed E-state index contributed by atoms with van der Waals surface area (Å²) in [5.74, 6) is 0.489. The van der Waals surface area contributed by atoms with Crippen LogP contribution in [0.4, 0.5) is 0 Å². The largest absolute Gasteiger partial charge is 0.507 e. The first-order valence-corrected chi connectivity index (χ1v) is 11.9. The second kappa shape index (κ2) is 10.6. The zero-order valence-electron chi connectivity index (χ0n) is 20.5. The Bertz CT molecular complexity index is 999. The number of halogens is 1. The van der Waals surface area contributed by atoms with Crippen molar-refractivity contribution in [2.45, 2.75) is 72.1 Å². The van der Waals surface area contributed by atoms with E-state index in [1.165, 1.54) is 6.21 Å². The van der Waals surface area contributed by atoms with Crippen LogP contribution in [-0.2, 0) is 22.0 Å². The molecule has 0 aliphatic carbocycles. The fourth-order valence-corrected chi connectivity index (χ4v) is 3.87. The van der Waals surface area contributed by atoms with Crippen molar-refractivity contribution < 1.29 is 19.7 Å². The van der Waals surface area contributed by atoms with Gasteiger partial charge in [-0.05, 0) is 74.5 Å². The number of nitrogens with zero attached hydrogens (tertiary/aromatic N) is 1. The fraction of sp³-hybridized carbons (Fsp3) is 0.462. The molecule has 0 bridgehead atoms. The smallest absolute Gasteiger partial charge is 0.240 e. The molecule has 0 aliphatic rings. The van der Waals surface area contributed by atoms with Gasteiger partial charge in [0.15, 0.2) is 11.5 Å². The first-order valence-electron chi connectivity index (χ1n) is 11.1.